The number of thiazole rings is 1. The minimum Gasteiger partial charge on any atom is -0.438 e. The van der Waals surface area contributed by atoms with Gasteiger partial charge in [0.1, 0.15) is 5.01 Å². The molecule has 3 rings (SSSR count). The number of oxazole rings is 1. The second kappa shape index (κ2) is 6.09. The Balaban J connectivity index is 1.70. The summed E-state index contributed by atoms with van der Waals surface area (Å²) in [6.07, 6.45) is 4.59. The van der Waals surface area contributed by atoms with E-state index < -0.39 is 0 Å². The lowest BCUT2D eigenvalue weighted by Gasteiger charge is -2.26. The van der Waals surface area contributed by atoms with Gasteiger partial charge in [-0.15, -0.1) is 22.7 Å². The molecule has 0 radical (unpaired) electrons. The molecule has 1 N–H and O–H groups in total. The number of hydrogen-bond acceptors (Lipinski definition) is 6. The third-order valence-electron chi connectivity index (χ3n) is 3.56. The minimum atomic E-state index is -0.147. The average Bonchev–Trinajstić information content (AvgIpc) is 3.26. The lowest BCUT2D eigenvalue weighted by molar-refractivity contribution is 0.327. The number of nitrogens with one attached hydrogen (secondary N) is 1. The van der Waals surface area contributed by atoms with Crippen molar-refractivity contribution in [2.24, 2.45) is 0 Å². The summed E-state index contributed by atoms with van der Waals surface area (Å²) in [6.45, 7) is 4.91. The van der Waals surface area contributed by atoms with E-state index in [4.69, 9.17) is 4.42 Å². The maximum absolute atomic E-state index is 5.81. The Morgan fingerprint density at radius 2 is 2.19 bits per heavy atom. The summed E-state index contributed by atoms with van der Waals surface area (Å²) < 4.78 is 5.81. The van der Waals surface area contributed by atoms with Crippen molar-refractivity contribution in [1.82, 2.24) is 15.3 Å². The Labute approximate surface area is 131 Å². The minimum absolute atomic E-state index is 0.147. The average molecular weight is 319 g/mol. The molecule has 3 aromatic rings. The van der Waals surface area contributed by atoms with Crippen LogP contribution in [0.2, 0.25) is 0 Å². The molecule has 0 aromatic carbocycles. The molecule has 0 bridgehead atoms. The number of aromatic nitrogens is 2. The molecule has 1 atom stereocenters. The maximum atomic E-state index is 5.81. The van der Waals surface area contributed by atoms with Gasteiger partial charge in [-0.2, -0.15) is 0 Å². The first-order chi connectivity index (χ1) is 10.2. The molecule has 6 heteroatoms. The molecule has 0 fully saturated rings. The van der Waals surface area contributed by atoms with Gasteiger partial charge in [0, 0.05) is 11.6 Å². The van der Waals surface area contributed by atoms with Crippen LogP contribution in [-0.4, -0.2) is 9.97 Å². The van der Waals surface area contributed by atoms with Gasteiger partial charge < -0.3 is 4.42 Å². The van der Waals surface area contributed by atoms with Crippen molar-refractivity contribution in [2.75, 3.05) is 0 Å². The van der Waals surface area contributed by atoms with Crippen LogP contribution in [0.5, 0.6) is 0 Å². The predicted octanol–water partition coefficient (Wildman–Crippen LogP) is 4.27. The van der Waals surface area contributed by atoms with E-state index in [0.29, 0.717) is 12.4 Å². The molecular formula is C15H17N3OS2. The first-order valence-corrected chi connectivity index (χ1v) is 8.61. The normalized spacial score (nSPS) is 14.2. The van der Waals surface area contributed by atoms with E-state index in [1.807, 2.05) is 29.1 Å². The van der Waals surface area contributed by atoms with Gasteiger partial charge in [0.05, 0.1) is 23.2 Å². The molecule has 21 heavy (non-hydrogen) atoms. The first-order valence-electron chi connectivity index (χ1n) is 6.85. The number of hydrogen-bond donors (Lipinski definition) is 1. The molecule has 4 nitrogen and oxygen atoms in total. The highest BCUT2D eigenvalue weighted by atomic mass is 32.1. The molecule has 0 spiro atoms. The van der Waals surface area contributed by atoms with Gasteiger partial charge in [-0.05, 0) is 24.8 Å². The zero-order valence-electron chi connectivity index (χ0n) is 12.0. The van der Waals surface area contributed by atoms with E-state index in [1.165, 1.54) is 0 Å². The third-order valence-corrected chi connectivity index (χ3v) is 5.48. The van der Waals surface area contributed by atoms with Crippen LogP contribution in [0.15, 0.2) is 39.7 Å². The second-order valence-electron chi connectivity index (χ2n) is 4.97. The summed E-state index contributed by atoms with van der Waals surface area (Å²) in [5, 5.41) is 8.65. The fraction of sp³-hybridized carbons (Fsp3) is 0.333. The molecule has 0 aliphatic heterocycles. The topological polar surface area (TPSA) is 51.0 Å². The quantitative estimate of drug-likeness (QED) is 0.737. The van der Waals surface area contributed by atoms with Crippen LogP contribution >= 0.6 is 22.7 Å². The summed E-state index contributed by atoms with van der Waals surface area (Å²) in [5.74, 6) is 1.53. The molecular weight excluding hydrogens is 302 g/mol. The molecule has 110 valence electrons. The molecule has 3 aromatic heterocycles. The third kappa shape index (κ3) is 3.07. The Morgan fingerprint density at radius 1 is 1.29 bits per heavy atom. The van der Waals surface area contributed by atoms with E-state index in [2.05, 4.69) is 29.1 Å². The predicted molar refractivity (Wildman–Crippen MR) is 86.4 cm³/mol. The summed E-state index contributed by atoms with van der Waals surface area (Å²) in [7, 11) is 0. The van der Waals surface area contributed by atoms with Crippen molar-refractivity contribution in [2.45, 2.75) is 32.4 Å². The second-order valence-corrected chi connectivity index (χ2v) is 6.81. The van der Waals surface area contributed by atoms with Crippen LogP contribution in [0, 0.1) is 0 Å². The van der Waals surface area contributed by atoms with Crippen LogP contribution in [0.3, 0.4) is 0 Å². The standard InChI is InChI=1S/C15H17N3OS2/c1-3-15(2,14-16-6-8-21-14)18-10-13-17-9-11(19-13)12-5-4-7-20-12/h4-9,18H,3,10H2,1-2H3/t15-/m0/s1. The first kappa shape index (κ1) is 14.4. The van der Waals surface area contributed by atoms with E-state index in [9.17, 15) is 0 Å². The van der Waals surface area contributed by atoms with Crippen molar-refractivity contribution in [3.05, 3.63) is 46.2 Å². The number of thiophene rings is 1. The van der Waals surface area contributed by atoms with E-state index in [1.54, 1.807) is 28.9 Å². The zero-order valence-corrected chi connectivity index (χ0v) is 13.6. The van der Waals surface area contributed by atoms with Crippen molar-refractivity contribution < 1.29 is 4.42 Å². The smallest absolute Gasteiger partial charge is 0.208 e. The largest absolute Gasteiger partial charge is 0.438 e. The van der Waals surface area contributed by atoms with Gasteiger partial charge in [-0.3, -0.25) is 5.32 Å². The SMILES string of the molecule is CC[C@](C)(NCc1ncc(-c2cccs2)o1)c1nccs1. The summed E-state index contributed by atoms with van der Waals surface area (Å²) in [5.41, 5.74) is -0.147. The maximum Gasteiger partial charge on any atom is 0.208 e. The fourth-order valence-electron chi connectivity index (χ4n) is 2.04. The van der Waals surface area contributed by atoms with Gasteiger partial charge in [-0.1, -0.05) is 13.0 Å². The van der Waals surface area contributed by atoms with E-state index >= 15 is 0 Å². The van der Waals surface area contributed by atoms with Crippen LogP contribution in [0.1, 0.15) is 31.2 Å². The van der Waals surface area contributed by atoms with Gasteiger partial charge >= 0.3 is 0 Å². The lowest BCUT2D eigenvalue weighted by Crippen LogP contribution is -2.38. The zero-order chi connectivity index (χ0) is 14.7. The number of nitrogens with zero attached hydrogens (tertiary/aromatic N) is 2. The van der Waals surface area contributed by atoms with Crippen molar-refractivity contribution in [1.29, 1.82) is 0 Å². The van der Waals surface area contributed by atoms with Crippen LogP contribution < -0.4 is 5.32 Å². The highest BCUT2D eigenvalue weighted by molar-refractivity contribution is 7.13. The van der Waals surface area contributed by atoms with Crippen molar-refractivity contribution in [3.8, 4) is 10.6 Å². The Bertz CT molecular complexity index is 676. The molecule has 0 saturated carbocycles. The molecule has 0 aliphatic carbocycles. The van der Waals surface area contributed by atoms with Crippen LogP contribution in [0.25, 0.3) is 10.6 Å². The molecule has 0 aliphatic rings. The lowest BCUT2D eigenvalue weighted by atomic mass is 10.00. The summed E-state index contributed by atoms with van der Waals surface area (Å²) in [6, 6.07) is 4.05. The summed E-state index contributed by atoms with van der Waals surface area (Å²) in [4.78, 5) is 9.88. The van der Waals surface area contributed by atoms with E-state index in [-0.39, 0.29) is 5.54 Å². The van der Waals surface area contributed by atoms with E-state index in [0.717, 1.165) is 22.1 Å². The highest BCUT2D eigenvalue weighted by Gasteiger charge is 2.27. The molecule has 0 unspecified atom stereocenters. The fourth-order valence-corrected chi connectivity index (χ4v) is 3.56. The monoisotopic (exact) mass is 319 g/mol. The van der Waals surface area contributed by atoms with Gasteiger partial charge in [-0.25, -0.2) is 9.97 Å². The van der Waals surface area contributed by atoms with Crippen molar-refractivity contribution in [3.63, 3.8) is 0 Å². The Morgan fingerprint density at radius 3 is 2.86 bits per heavy atom. The molecule has 0 amide bonds. The molecule has 3 heterocycles. The Kier molecular flexibility index (Phi) is 4.19. The highest BCUT2D eigenvalue weighted by Crippen LogP contribution is 2.28. The van der Waals surface area contributed by atoms with Crippen molar-refractivity contribution >= 4 is 22.7 Å². The number of rotatable bonds is 6. The Hall–Kier alpha value is -1.50. The van der Waals surface area contributed by atoms with Gasteiger partial charge in [0.25, 0.3) is 0 Å². The molecule has 0 saturated heterocycles. The van der Waals surface area contributed by atoms with Gasteiger partial charge in [0.2, 0.25) is 5.89 Å². The summed E-state index contributed by atoms with van der Waals surface area (Å²) >= 11 is 3.32. The van der Waals surface area contributed by atoms with Crippen LogP contribution in [-0.2, 0) is 12.1 Å². The van der Waals surface area contributed by atoms with Crippen LogP contribution in [0.4, 0.5) is 0 Å². The van der Waals surface area contributed by atoms with Gasteiger partial charge in [0.15, 0.2) is 5.76 Å².